The topological polar surface area (TPSA) is 71.5 Å². The largest absolute Gasteiger partial charge is 0.467 e. The molecule has 1 fully saturated rings. The minimum Gasteiger partial charge on any atom is -0.467 e. The van der Waals surface area contributed by atoms with Crippen LogP contribution in [0.1, 0.15) is 31.6 Å². The first-order valence-corrected chi connectivity index (χ1v) is 6.94. The third-order valence-corrected chi connectivity index (χ3v) is 3.76. The normalized spacial score (nSPS) is 19.3. The lowest BCUT2D eigenvalue weighted by atomic mass is 9.97. The molecule has 1 aromatic rings. The van der Waals surface area contributed by atoms with Gasteiger partial charge in [-0.15, -0.1) is 0 Å². The molecule has 2 rings (SSSR count). The second kappa shape index (κ2) is 6.73. The van der Waals surface area contributed by atoms with Crippen molar-refractivity contribution < 1.29 is 9.21 Å². The van der Waals surface area contributed by atoms with Gasteiger partial charge in [-0.25, -0.2) is 0 Å². The Bertz CT molecular complexity index is 383. The van der Waals surface area contributed by atoms with Gasteiger partial charge in [-0.1, -0.05) is 0 Å². The molecule has 1 saturated heterocycles. The van der Waals surface area contributed by atoms with E-state index in [1.54, 1.807) is 6.26 Å². The van der Waals surface area contributed by atoms with Crippen molar-refractivity contribution in [3.8, 4) is 0 Å². The van der Waals surface area contributed by atoms with Crippen LogP contribution in [0.4, 0.5) is 0 Å². The van der Waals surface area contributed by atoms with E-state index >= 15 is 0 Å². The number of nitrogens with one attached hydrogen (secondary N) is 1. The van der Waals surface area contributed by atoms with E-state index in [-0.39, 0.29) is 11.9 Å². The minimum atomic E-state index is -0.0796. The highest BCUT2D eigenvalue weighted by atomic mass is 16.3. The van der Waals surface area contributed by atoms with Gasteiger partial charge < -0.3 is 15.5 Å². The predicted molar refractivity (Wildman–Crippen MR) is 73.5 cm³/mol. The van der Waals surface area contributed by atoms with Crippen LogP contribution in [0.5, 0.6) is 0 Å². The van der Waals surface area contributed by atoms with E-state index in [1.165, 1.54) is 0 Å². The number of piperidine rings is 1. The molecule has 5 nitrogen and oxygen atoms in total. The predicted octanol–water partition coefficient (Wildman–Crippen LogP) is 1.13. The summed E-state index contributed by atoms with van der Waals surface area (Å²) in [6.07, 6.45) is 3.81. The van der Waals surface area contributed by atoms with Crippen molar-refractivity contribution in [3.63, 3.8) is 0 Å². The summed E-state index contributed by atoms with van der Waals surface area (Å²) in [4.78, 5) is 14.1. The standard InChI is InChI=1S/C14H23N3O2/c1-11(13-3-2-8-19-13)16-14(18)10-17-6-4-12(9-15)5-7-17/h2-3,8,11-12H,4-7,9-10,15H2,1H3,(H,16,18). The minimum absolute atomic E-state index is 0.0510. The second-order valence-electron chi connectivity index (χ2n) is 5.26. The van der Waals surface area contributed by atoms with Crippen molar-refractivity contribution in [1.29, 1.82) is 0 Å². The third-order valence-electron chi connectivity index (χ3n) is 3.76. The van der Waals surface area contributed by atoms with Gasteiger partial charge in [-0.3, -0.25) is 9.69 Å². The third kappa shape index (κ3) is 4.08. The molecule has 1 amide bonds. The van der Waals surface area contributed by atoms with E-state index in [2.05, 4.69) is 10.2 Å². The molecule has 0 spiro atoms. The van der Waals surface area contributed by atoms with Crippen LogP contribution in [0, 0.1) is 5.92 Å². The summed E-state index contributed by atoms with van der Waals surface area (Å²) in [7, 11) is 0. The van der Waals surface area contributed by atoms with E-state index in [4.69, 9.17) is 10.2 Å². The smallest absolute Gasteiger partial charge is 0.234 e. The summed E-state index contributed by atoms with van der Waals surface area (Å²) in [5.41, 5.74) is 5.66. The first-order valence-electron chi connectivity index (χ1n) is 6.94. The van der Waals surface area contributed by atoms with Crippen molar-refractivity contribution in [1.82, 2.24) is 10.2 Å². The molecular weight excluding hydrogens is 242 g/mol. The van der Waals surface area contributed by atoms with E-state index < -0.39 is 0 Å². The average molecular weight is 265 g/mol. The Balaban J connectivity index is 1.73. The fourth-order valence-corrected chi connectivity index (χ4v) is 2.48. The molecule has 1 aliphatic heterocycles. The Labute approximate surface area is 114 Å². The molecule has 1 atom stereocenters. The first kappa shape index (κ1) is 14.1. The highest BCUT2D eigenvalue weighted by molar-refractivity contribution is 5.78. The number of carbonyl (C=O) groups excluding carboxylic acids is 1. The van der Waals surface area contributed by atoms with E-state index in [0.717, 1.165) is 38.2 Å². The molecule has 19 heavy (non-hydrogen) atoms. The van der Waals surface area contributed by atoms with Crippen LogP contribution >= 0.6 is 0 Å². The van der Waals surface area contributed by atoms with Gasteiger partial charge in [0.2, 0.25) is 5.91 Å². The lowest BCUT2D eigenvalue weighted by Crippen LogP contribution is -2.43. The number of rotatable bonds is 5. The van der Waals surface area contributed by atoms with Gasteiger partial charge >= 0.3 is 0 Å². The summed E-state index contributed by atoms with van der Waals surface area (Å²) >= 11 is 0. The summed E-state index contributed by atoms with van der Waals surface area (Å²) in [6.45, 7) is 5.07. The summed E-state index contributed by atoms with van der Waals surface area (Å²) < 4.78 is 5.27. The molecule has 0 saturated carbocycles. The van der Waals surface area contributed by atoms with E-state index in [1.807, 2.05) is 19.1 Å². The lowest BCUT2D eigenvalue weighted by Gasteiger charge is -2.30. The number of amides is 1. The monoisotopic (exact) mass is 265 g/mol. The van der Waals surface area contributed by atoms with E-state index in [9.17, 15) is 4.79 Å². The van der Waals surface area contributed by atoms with Gasteiger partial charge in [0, 0.05) is 0 Å². The van der Waals surface area contributed by atoms with Gasteiger partial charge in [-0.2, -0.15) is 0 Å². The fraction of sp³-hybridized carbons (Fsp3) is 0.643. The quantitative estimate of drug-likeness (QED) is 0.837. The van der Waals surface area contributed by atoms with Gasteiger partial charge in [0.05, 0.1) is 18.8 Å². The van der Waals surface area contributed by atoms with Crippen molar-refractivity contribution in [2.45, 2.75) is 25.8 Å². The van der Waals surface area contributed by atoms with Crippen LogP contribution in [-0.4, -0.2) is 37.0 Å². The van der Waals surface area contributed by atoms with Crippen molar-refractivity contribution in [2.24, 2.45) is 11.7 Å². The number of furan rings is 1. The van der Waals surface area contributed by atoms with Gasteiger partial charge in [-0.05, 0) is 57.5 Å². The Hall–Kier alpha value is -1.33. The molecule has 1 aromatic heterocycles. The van der Waals surface area contributed by atoms with Crippen molar-refractivity contribution in [3.05, 3.63) is 24.2 Å². The highest BCUT2D eigenvalue weighted by Crippen LogP contribution is 2.16. The number of nitrogens with zero attached hydrogens (tertiary/aromatic N) is 1. The van der Waals surface area contributed by atoms with Crippen LogP contribution in [0.15, 0.2) is 22.8 Å². The summed E-state index contributed by atoms with van der Waals surface area (Å²) in [6, 6.07) is 3.62. The molecule has 1 unspecified atom stereocenters. The molecule has 0 bridgehead atoms. The number of hydrogen-bond acceptors (Lipinski definition) is 4. The second-order valence-corrected chi connectivity index (χ2v) is 5.26. The Morgan fingerprint density at radius 2 is 2.32 bits per heavy atom. The van der Waals surface area contributed by atoms with Gasteiger partial charge in [0.15, 0.2) is 0 Å². The van der Waals surface area contributed by atoms with Crippen LogP contribution in [0.25, 0.3) is 0 Å². The maximum atomic E-state index is 11.9. The molecule has 106 valence electrons. The highest BCUT2D eigenvalue weighted by Gasteiger charge is 2.20. The zero-order valence-corrected chi connectivity index (χ0v) is 11.5. The van der Waals surface area contributed by atoms with Crippen LogP contribution in [-0.2, 0) is 4.79 Å². The molecular formula is C14H23N3O2. The van der Waals surface area contributed by atoms with Crippen LogP contribution < -0.4 is 11.1 Å². The Morgan fingerprint density at radius 1 is 1.58 bits per heavy atom. The number of carbonyl (C=O) groups is 1. The first-order chi connectivity index (χ1) is 9.19. The molecule has 5 heteroatoms. The molecule has 0 radical (unpaired) electrons. The number of nitrogens with two attached hydrogens (primary N) is 1. The maximum Gasteiger partial charge on any atom is 0.234 e. The average Bonchev–Trinajstić information content (AvgIpc) is 2.93. The Kier molecular flexibility index (Phi) is 4.99. The number of likely N-dealkylation sites (tertiary alicyclic amines) is 1. The summed E-state index contributed by atoms with van der Waals surface area (Å²) in [5, 5.41) is 2.96. The van der Waals surface area contributed by atoms with Crippen molar-refractivity contribution >= 4 is 5.91 Å². The van der Waals surface area contributed by atoms with Gasteiger partial charge in [0.25, 0.3) is 0 Å². The zero-order valence-electron chi connectivity index (χ0n) is 11.5. The molecule has 0 aliphatic carbocycles. The van der Waals surface area contributed by atoms with Crippen molar-refractivity contribution in [2.75, 3.05) is 26.2 Å². The summed E-state index contributed by atoms with van der Waals surface area (Å²) in [5.74, 6) is 1.46. The maximum absolute atomic E-state index is 11.9. The molecule has 2 heterocycles. The van der Waals surface area contributed by atoms with Crippen LogP contribution in [0.3, 0.4) is 0 Å². The lowest BCUT2D eigenvalue weighted by molar-refractivity contribution is -0.123. The van der Waals surface area contributed by atoms with Crippen LogP contribution in [0.2, 0.25) is 0 Å². The Morgan fingerprint density at radius 3 is 2.89 bits per heavy atom. The van der Waals surface area contributed by atoms with E-state index in [0.29, 0.717) is 12.5 Å². The molecule has 3 N–H and O–H groups in total. The number of hydrogen-bond donors (Lipinski definition) is 2. The fourth-order valence-electron chi connectivity index (χ4n) is 2.48. The zero-order chi connectivity index (χ0) is 13.7. The molecule has 1 aliphatic rings. The SMILES string of the molecule is CC(NC(=O)CN1CCC(CN)CC1)c1ccco1. The molecule has 0 aromatic carbocycles. The van der Waals surface area contributed by atoms with Gasteiger partial charge in [0.1, 0.15) is 5.76 Å².